The number of carbonyl (C=O) groups is 2. The molecule has 0 bridgehead atoms. The first-order valence-electron chi connectivity index (χ1n) is 9.39. The SMILES string of the molecule is O=C(OC1CCCCC1)c1cccc(O)c1C(=O)OC1CCCCC1. The molecule has 2 aliphatic carbocycles. The number of phenolic OH excluding ortho intramolecular Hbond substituents is 1. The summed E-state index contributed by atoms with van der Waals surface area (Å²) in [5, 5.41) is 10.1. The van der Waals surface area contributed by atoms with E-state index in [2.05, 4.69) is 0 Å². The zero-order valence-electron chi connectivity index (χ0n) is 14.5. The summed E-state index contributed by atoms with van der Waals surface area (Å²) < 4.78 is 11.1. The molecule has 1 aromatic rings. The maximum atomic E-state index is 12.6. The van der Waals surface area contributed by atoms with Gasteiger partial charge in [-0.25, -0.2) is 9.59 Å². The van der Waals surface area contributed by atoms with Crippen LogP contribution in [0.3, 0.4) is 0 Å². The lowest BCUT2D eigenvalue weighted by Gasteiger charge is -2.24. The summed E-state index contributed by atoms with van der Waals surface area (Å²) in [4.78, 5) is 25.1. The van der Waals surface area contributed by atoms with Crippen molar-refractivity contribution in [3.8, 4) is 5.75 Å². The molecule has 1 aromatic carbocycles. The van der Waals surface area contributed by atoms with Crippen LogP contribution in [0.2, 0.25) is 0 Å². The molecule has 0 saturated heterocycles. The third-order valence-corrected chi connectivity index (χ3v) is 5.12. The van der Waals surface area contributed by atoms with Gasteiger partial charge in [0.1, 0.15) is 23.5 Å². The average Bonchev–Trinajstić information content (AvgIpc) is 2.63. The van der Waals surface area contributed by atoms with Gasteiger partial charge in [0, 0.05) is 0 Å². The van der Waals surface area contributed by atoms with Gasteiger partial charge in [-0.05, 0) is 63.5 Å². The molecule has 25 heavy (non-hydrogen) atoms. The van der Waals surface area contributed by atoms with Crippen molar-refractivity contribution in [2.45, 2.75) is 76.4 Å². The predicted octanol–water partition coefficient (Wildman–Crippen LogP) is 4.37. The topological polar surface area (TPSA) is 72.8 Å². The number of phenols is 1. The van der Waals surface area contributed by atoms with Gasteiger partial charge in [-0.15, -0.1) is 0 Å². The summed E-state index contributed by atoms with van der Waals surface area (Å²) in [6, 6.07) is 4.46. The molecule has 5 nitrogen and oxygen atoms in total. The summed E-state index contributed by atoms with van der Waals surface area (Å²) in [5.74, 6) is -1.43. The Morgan fingerprint density at radius 2 is 1.32 bits per heavy atom. The summed E-state index contributed by atoms with van der Waals surface area (Å²) in [6.07, 6.45) is 9.63. The Labute approximate surface area is 148 Å². The Morgan fingerprint density at radius 3 is 1.88 bits per heavy atom. The van der Waals surface area contributed by atoms with E-state index in [1.807, 2.05) is 0 Å². The maximum Gasteiger partial charge on any atom is 0.343 e. The molecular formula is C20H26O5. The van der Waals surface area contributed by atoms with Crippen LogP contribution in [-0.4, -0.2) is 29.3 Å². The van der Waals surface area contributed by atoms with Crippen LogP contribution in [-0.2, 0) is 9.47 Å². The molecule has 2 aliphatic rings. The second-order valence-electron chi connectivity index (χ2n) is 7.03. The summed E-state index contributed by atoms with van der Waals surface area (Å²) in [6.45, 7) is 0. The number of benzene rings is 1. The third-order valence-electron chi connectivity index (χ3n) is 5.12. The number of carbonyl (C=O) groups excluding carboxylic acids is 2. The van der Waals surface area contributed by atoms with Crippen molar-refractivity contribution in [1.82, 2.24) is 0 Å². The fourth-order valence-electron chi connectivity index (χ4n) is 3.72. The quantitative estimate of drug-likeness (QED) is 0.820. The fraction of sp³-hybridized carbons (Fsp3) is 0.600. The first-order valence-corrected chi connectivity index (χ1v) is 9.39. The molecule has 5 heteroatoms. The van der Waals surface area contributed by atoms with Gasteiger partial charge in [0.2, 0.25) is 0 Å². The highest BCUT2D eigenvalue weighted by Crippen LogP contribution is 2.28. The Kier molecular flexibility index (Phi) is 5.95. The van der Waals surface area contributed by atoms with Crippen molar-refractivity contribution >= 4 is 11.9 Å². The average molecular weight is 346 g/mol. The van der Waals surface area contributed by atoms with Crippen molar-refractivity contribution in [1.29, 1.82) is 0 Å². The van der Waals surface area contributed by atoms with E-state index in [1.54, 1.807) is 6.07 Å². The molecule has 2 fully saturated rings. The number of ether oxygens (including phenoxy) is 2. The van der Waals surface area contributed by atoms with Crippen LogP contribution in [0, 0.1) is 0 Å². The van der Waals surface area contributed by atoms with Crippen molar-refractivity contribution in [2.75, 3.05) is 0 Å². The largest absolute Gasteiger partial charge is 0.507 e. The molecule has 136 valence electrons. The number of hydrogen-bond acceptors (Lipinski definition) is 5. The molecule has 0 spiro atoms. The van der Waals surface area contributed by atoms with Crippen LogP contribution < -0.4 is 0 Å². The smallest absolute Gasteiger partial charge is 0.343 e. The minimum Gasteiger partial charge on any atom is -0.507 e. The van der Waals surface area contributed by atoms with E-state index >= 15 is 0 Å². The molecule has 0 unspecified atom stereocenters. The zero-order valence-corrected chi connectivity index (χ0v) is 14.5. The van der Waals surface area contributed by atoms with Gasteiger partial charge in [0.25, 0.3) is 0 Å². The molecular weight excluding hydrogens is 320 g/mol. The van der Waals surface area contributed by atoms with E-state index in [1.165, 1.54) is 18.6 Å². The standard InChI is InChI=1S/C20H26O5/c21-17-13-7-12-16(19(22)24-14-8-3-1-4-9-14)18(17)20(23)25-15-10-5-2-6-11-15/h7,12-15,21H,1-6,8-11H2. The number of hydrogen-bond donors (Lipinski definition) is 1. The number of rotatable bonds is 4. The highest BCUT2D eigenvalue weighted by molar-refractivity contribution is 6.05. The third kappa shape index (κ3) is 4.53. The molecule has 3 rings (SSSR count). The van der Waals surface area contributed by atoms with Crippen molar-refractivity contribution in [3.63, 3.8) is 0 Å². The minimum atomic E-state index is -0.638. The van der Waals surface area contributed by atoms with Gasteiger partial charge in [-0.2, -0.15) is 0 Å². The highest BCUT2D eigenvalue weighted by atomic mass is 16.6. The van der Waals surface area contributed by atoms with Crippen LogP contribution >= 0.6 is 0 Å². The number of aromatic hydroxyl groups is 1. The van der Waals surface area contributed by atoms with E-state index in [4.69, 9.17) is 9.47 Å². The second-order valence-corrected chi connectivity index (χ2v) is 7.03. The molecule has 0 radical (unpaired) electrons. The highest BCUT2D eigenvalue weighted by Gasteiger charge is 2.28. The van der Waals surface area contributed by atoms with Gasteiger partial charge >= 0.3 is 11.9 Å². The Hall–Kier alpha value is -2.04. The van der Waals surface area contributed by atoms with Crippen molar-refractivity contribution in [2.24, 2.45) is 0 Å². The fourth-order valence-corrected chi connectivity index (χ4v) is 3.72. The van der Waals surface area contributed by atoms with Crippen LogP contribution in [0.1, 0.15) is 84.9 Å². The molecule has 0 aromatic heterocycles. The maximum absolute atomic E-state index is 12.6. The van der Waals surface area contributed by atoms with E-state index in [0.29, 0.717) is 0 Å². The van der Waals surface area contributed by atoms with Gasteiger partial charge < -0.3 is 14.6 Å². The van der Waals surface area contributed by atoms with Gasteiger partial charge in [-0.3, -0.25) is 0 Å². The Morgan fingerprint density at radius 1 is 0.800 bits per heavy atom. The Balaban J connectivity index is 1.73. The lowest BCUT2D eigenvalue weighted by molar-refractivity contribution is 0.0161. The molecule has 0 atom stereocenters. The van der Waals surface area contributed by atoms with Gasteiger partial charge in [0.05, 0.1) is 5.56 Å². The first-order chi connectivity index (χ1) is 12.1. The van der Waals surface area contributed by atoms with Gasteiger partial charge in [0.15, 0.2) is 0 Å². The van der Waals surface area contributed by atoms with Crippen LogP contribution in [0.4, 0.5) is 0 Å². The van der Waals surface area contributed by atoms with Crippen LogP contribution in [0.25, 0.3) is 0 Å². The first kappa shape index (κ1) is 17.8. The molecule has 0 amide bonds. The van der Waals surface area contributed by atoms with E-state index < -0.39 is 11.9 Å². The van der Waals surface area contributed by atoms with E-state index in [-0.39, 0.29) is 29.1 Å². The minimum absolute atomic E-state index is 0.0751. The molecule has 2 saturated carbocycles. The van der Waals surface area contributed by atoms with E-state index in [0.717, 1.165) is 57.8 Å². The molecule has 0 heterocycles. The Bertz CT molecular complexity index is 613. The van der Waals surface area contributed by atoms with E-state index in [9.17, 15) is 14.7 Å². The van der Waals surface area contributed by atoms with Gasteiger partial charge in [-0.1, -0.05) is 18.9 Å². The summed E-state index contributed by atoms with van der Waals surface area (Å²) in [5.41, 5.74) is 0.0141. The summed E-state index contributed by atoms with van der Waals surface area (Å²) >= 11 is 0. The normalized spacial score (nSPS) is 19.4. The monoisotopic (exact) mass is 346 g/mol. The molecule has 0 aliphatic heterocycles. The van der Waals surface area contributed by atoms with Crippen LogP contribution in [0.5, 0.6) is 5.75 Å². The summed E-state index contributed by atoms with van der Waals surface area (Å²) in [7, 11) is 0. The zero-order chi connectivity index (χ0) is 17.6. The van der Waals surface area contributed by atoms with Crippen molar-refractivity contribution < 1.29 is 24.2 Å². The number of esters is 2. The molecule has 1 N–H and O–H groups in total. The predicted molar refractivity (Wildman–Crippen MR) is 92.7 cm³/mol. The van der Waals surface area contributed by atoms with Crippen LogP contribution in [0.15, 0.2) is 18.2 Å². The lowest BCUT2D eigenvalue weighted by Crippen LogP contribution is -2.25. The lowest BCUT2D eigenvalue weighted by atomic mass is 9.97. The second kappa shape index (κ2) is 8.37. The van der Waals surface area contributed by atoms with Crippen molar-refractivity contribution in [3.05, 3.63) is 29.3 Å².